The summed E-state index contributed by atoms with van der Waals surface area (Å²) in [5.74, 6) is -0.158. The van der Waals surface area contributed by atoms with Gasteiger partial charge in [-0.1, -0.05) is 6.07 Å². The standard InChI is InChI=1S/C17H19N3O5S/c1-26(22,23)20-13-5-2-4-12(10-13)19-16(21)15-6-3-8-18-17(15)25-14-7-9-24-11-14/h2-6,8,10,14,20H,7,9,11H2,1H3,(H,19,21)/t14-/m0/s1. The number of nitrogens with one attached hydrogen (secondary N) is 2. The minimum atomic E-state index is -3.40. The van der Waals surface area contributed by atoms with Crippen molar-refractivity contribution in [2.45, 2.75) is 12.5 Å². The molecule has 26 heavy (non-hydrogen) atoms. The summed E-state index contributed by atoms with van der Waals surface area (Å²) < 4.78 is 36.1. The fourth-order valence-electron chi connectivity index (χ4n) is 2.49. The van der Waals surface area contributed by atoms with Crippen molar-refractivity contribution >= 4 is 27.3 Å². The fourth-order valence-corrected chi connectivity index (χ4v) is 3.05. The van der Waals surface area contributed by atoms with Gasteiger partial charge in [-0.25, -0.2) is 13.4 Å². The smallest absolute Gasteiger partial charge is 0.261 e. The predicted molar refractivity (Wildman–Crippen MR) is 97.0 cm³/mol. The highest BCUT2D eigenvalue weighted by atomic mass is 32.2. The van der Waals surface area contributed by atoms with E-state index in [1.807, 2.05) is 0 Å². The topological polar surface area (TPSA) is 107 Å². The first-order valence-electron chi connectivity index (χ1n) is 7.99. The molecular weight excluding hydrogens is 358 g/mol. The number of nitrogens with zero attached hydrogens (tertiary/aromatic N) is 1. The summed E-state index contributed by atoms with van der Waals surface area (Å²) in [6.07, 6.45) is 3.23. The summed E-state index contributed by atoms with van der Waals surface area (Å²) in [5, 5.41) is 2.72. The van der Waals surface area contributed by atoms with Crippen molar-refractivity contribution in [2.75, 3.05) is 29.5 Å². The lowest BCUT2D eigenvalue weighted by atomic mass is 10.2. The molecule has 0 saturated carbocycles. The molecule has 138 valence electrons. The van der Waals surface area contributed by atoms with Crippen LogP contribution in [0, 0.1) is 0 Å². The number of benzene rings is 1. The lowest BCUT2D eigenvalue weighted by Crippen LogP contribution is -2.20. The zero-order chi connectivity index (χ0) is 18.6. The van der Waals surface area contributed by atoms with Gasteiger partial charge in [0.1, 0.15) is 11.7 Å². The molecule has 3 rings (SSSR count). The van der Waals surface area contributed by atoms with E-state index in [9.17, 15) is 13.2 Å². The van der Waals surface area contributed by atoms with Crippen LogP contribution in [-0.2, 0) is 14.8 Å². The Kier molecular flexibility index (Phi) is 5.38. The highest BCUT2D eigenvalue weighted by Crippen LogP contribution is 2.22. The quantitative estimate of drug-likeness (QED) is 0.796. The molecule has 0 radical (unpaired) electrons. The van der Waals surface area contributed by atoms with Gasteiger partial charge in [0.05, 0.1) is 25.2 Å². The molecule has 2 aromatic rings. The van der Waals surface area contributed by atoms with E-state index in [0.29, 0.717) is 30.2 Å². The van der Waals surface area contributed by atoms with Gasteiger partial charge in [0, 0.05) is 18.3 Å². The second-order valence-electron chi connectivity index (χ2n) is 5.87. The molecule has 1 aromatic heterocycles. The maximum Gasteiger partial charge on any atom is 0.261 e. The van der Waals surface area contributed by atoms with Crippen molar-refractivity contribution in [1.29, 1.82) is 0 Å². The van der Waals surface area contributed by atoms with E-state index in [-0.39, 0.29) is 12.0 Å². The third kappa shape index (κ3) is 4.93. The summed E-state index contributed by atoms with van der Waals surface area (Å²) in [5.41, 5.74) is 1.10. The number of hydrogen-bond donors (Lipinski definition) is 2. The summed E-state index contributed by atoms with van der Waals surface area (Å²) in [7, 11) is -3.40. The highest BCUT2D eigenvalue weighted by molar-refractivity contribution is 7.92. The summed E-state index contributed by atoms with van der Waals surface area (Å²) in [4.78, 5) is 16.7. The lowest BCUT2D eigenvalue weighted by molar-refractivity contribution is 0.101. The van der Waals surface area contributed by atoms with Gasteiger partial charge >= 0.3 is 0 Å². The summed E-state index contributed by atoms with van der Waals surface area (Å²) in [6, 6.07) is 9.68. The molecule has 2 N–H and O–H groups in total. The number of carbonyl (C=O) groups excluding carboxylic acids is 1. The van der Waals surface area contributed by atoms with Crippen LogP contribution in [-0.4, -0.2) is 44.9 Å². The molecular formula is C17H19N3O5S. The van der Waals surface area contributed by atoms with Gasteiger partial charge in [0.2, 0.25) is 15.9 Å². The zero-order valence-electron chi connectivity index (χ0n) is 14.1. The van der Waals surface area contributed by atoms with E-state index < -0.39 is 15.9 Å². The van der Waals surface area contributed by atoms with Crippen molar-refractivity contribution in [2.24, 2.45) is 0 Å². The van der Waals surface area contributed by atoms with E-state index in [1.165, 1.54) is 6.07 Å². The van der Waals surface area contributed by atoms with E-state index in [2.05, 4.69) is 15.0 Å². The Morgan fingerprint density at radius 1 is 1.27 bits per heavy atom. The van der Waals surface area contributed by atoms with Gasteiger partial charge in [0.25, 0.3) is 5.91 Å². The first-order chi connectivity index (χ1) is 12.4. The predicted octanol–water partition coefficient (Wildman–Crippen LogP) is 1.87. The Bertz CT molecular complexity index is 895. The van der Waals surface area contributed by atoms with Crippen LogP contribution >= 0.6 is 0 Å². The molecule has 1 aliphatic heterocycles. The molecule has 1 aliphatic rings. The number of aromatic nitrogens is 1. The SMILES string of the molecule is CS(=O)(=O)Nc1cccc(NC(=O)c2cccnc2O[C@H]2CCOC2)c1. The van der Waals surface area contributed by atoms with Crippen molar-refractivity contribution < 1.29 is 22.7 Å². The molecule has 1 fully saturated rings. The molecule has 1 atom stereocenters. The fraction of sp³-hybridized carbons (Fsp3) is 0.294. The van der Waals surface area contributed by atoms with Crippen molar-refractivity contribution in [3.8, 4) is 5.88 Å². The number of hydrogen-bond acceptors (Lipinski definition) is 6. The number of ether oxygens (including phenoxy) is 2. The van der Waals surface area contributed by atoms with Gasteiger partial charge in [-0.15, -0.1) is 0 Å². The third-order valence-electron chi connectivity index (χ3n) is 3.61. The molecule has 8 nitrogen and oxygen atoms in total. The van der Waals surface area contributed by atoms with Gasteiger partial charge in [-0.2, -0.15) is 0 Å². The molecule has 0 aliphatic carbocycles. The van der Waals surface area contributed by atoms with Crippen LogP contribution in [0.25, 0.3) is 0 Å². The average molecular weight is 377 g/mol. The number of amides is 1. The lowest BCUT2D eigenvalue weighted by Gasteiger charge is -2.14. The number of anilines is 2. The molecule has 0 spiro atoms. The number of sulfonamides is 1. The van der Waals surface area contributed by atoms with Crippen LogP contribution < -0.4 is 14.8 Å². The first-order valence-corrected chi connectivity index (χ1v) is 9.88. The van der Waals surface area contributed by atoms with Crippen LogP contribution in [0.2, 0.25) is 0 Å². The number of rotatable bonds is 6. The van der Waals surface area contributed by atoms with Crippen LogP contribution in [0.4, 0.5) is 11.4 Å². The van der Waals surface area contributed by atoms with Crippen molar-refractivity contribution in [3.63, 3.8) is 0 Å². The Hall–Kier alpha value is -2.65. The van der Waals surface area contributed by atoms with E-state index in [4.69, 9.17) is 9.47 Å². The molecule has 0 unspecified atom stereocenters. The Morgan fingerprint density at radius 3 is 2.81 bits per heavy atom. The van der Waals surface area contributed by atoms with E-state index >= 15 is 0 Å². The van der Waals surface area contributed by atoms with E-state index in [0.717, 1.165) is 12.7 Å². The van der Waals surface area contributed by atoms with Gasteiger partial charge < -0.3 is 14.8 Å². The summed E-state index contributed by atoms with van der Waals surface area (Å²) in [6.45, 7) is 1.09. The van der Waals surface area contributed by atoms with Crippen LogP contribution in [0.3, 0.4) is 0 Å². The Morgan fingerprint density at radius 2 is 2.08 bits per heavy atom. The maximum atomic E-state index is 12.6. The number of pyridine rings is 1. The minimum Gasteiger partial charge on any atom is -0.471 e. The maximum absolute atomic E-state index is 12.6. The molecule has 9 heteroatoms. The molecule has 1 aromatic carbocycles. The van der Waals surface area contributed by atoms with Crippen LogP contribution in [0.1, 0.15) is 16.8 Å². The van der Waals surface area contributed by atoms with Gasteiger partial charge in [-0.05, 0) is 30.3 Å². The monoisotopic (exact) mass is 377 g/mol. The van der Waals surface area contributed by atoms with Gasteiger partial charge in [-0.3, -0.25) is 9.52 Å². The Labute approximate surface area is 151 Å². The average Bonchev–Trinajstić information content (AvgIpc) is 3.07. The van der Waals surface area contributed by atoms with Gasteiger partial charge in [0.15, 0.2) is 0 Å². The molecule has 1 amide bonds. The Balaban J connectivity index is 1.75. The highest BCUT2D eigenvalue weighted by Gasteiger charge is 2.21. The minimum absolute atomic E-state index is 0.126. The second kappa shape index (κ2) is 7.71. The van der Waals surface area contributed by atoms with Crippen LogP contribution in [0.5, 0.6) is 5.88 Å². The number of carbonyl (C=O) groups is 1. The van der Waals surface area contributed by atoms with Crippen LogP contribution in [0.15, 0.2) is 42.6 Å². The third-order valence-corrected chi connectivity index (χ3v) is 4.21. The summed E-state index contributed by atoms with van der Waals surface area (Å²) >= 11 is 0. The van der Waals surface area contributed by atoms with E-state index in [1.54, 1.807) is 36.5 Å². The van der Waals surface area contributed by atoms with Crippen molar-refractivity contribution in [1.82, 2.24) is 4.98 Å². The first kappa shape index (κ1) is 18.2. The molecule has 0 bridgehead atoms. The second-order valence-corrected chi connectivity index (χ2v) is 7.62. The van der Waals surface area contributed by atoms with Crippen molar-refractivity contribution in [3.05, 3.63) is 48.2 Å². The zero-order valence-corrected chi connectivity index (χ0v) is 15.0. The molecule has 2 heterocycles. The normalized spacial score (nSPS) is 16.9. The molecule has 1 saturated heterocycles. The largest absolute Gasteiger partial charge is 0.471 e.